The number of rotatable bonds is 4. The van der Waals surface area contributed by atoms with Gasteiger partial charge in [-0.05, 0) is 12.1 Å². The van der Waals surface area contributed by atoms with Crippen LogP contribution in [0.5, 0.6) is 0 Å². The molecular formula is C10H7Cl2NO4S. The highest BCUT2D eigenvalue weighted by Gasteiger charge is 2.24. The molecule has 0 bridgehead atoms. The second-order valence-corrected chi connectivity index (χ2v) is 5.59. The molecule has 0 aromatic heterocycles. The van der Waals surface area contributed by atoms with Crippen LogP contribution in [0.3, 0.4) is 0 Å². The Labute approximate surface area is 114 Å². The van der Waals surface area contributed by atoms with Gasteiger partial charge in [0.1, 0.15) is 4.90 Å². The lowest BCUT2D eigenvalue weighted by Crippen LogP contribution is -2.24. The second-order valence-electron chi connectivity index (χ2n) is 3.07. The molecule has 1 aromatic rings. The van der Waals surface area contributed by atoms with Crippen LogP contribution in [0.2, 0.25) is 10.0 Å². The van der Waals surface area contributed by atoms with Crippen molar-refractivity contribution in [2.24, 2.45) is 0 Å². The minimum absolute atomic E-state index is 0.150. The SMILES string of the molecule is C#CCNS(=O)(=O)c1ccc(Cl)c(C(=O)O)c1Cl. The molecule has 5 nitrogen and oxygen atoms in total. The van der Waals surface area contributed by atoms with E-state index >= 15 is 0 Å². The molecule has 0 radical (unpaired) electrons. The molecule has 0 aliphatic heterocycles. The highest BCUT2D eigenvalue weighted by Crippen LogP contribution is 2.30. The number of carbonyl (C=O) groups is 1. The zero-order valence-electron chi connectivity index (χ0n) is 8.78. The molecule has 0 atom stereocenters. The first kappa shape index (κ1) is 14.8. The molecule has 2 N–H and O–H groups in total. The van der Waals surface area contributed by atoms with E-state index in [-0.39, 0.29) is 16.5 Å². The average molecular weight is 308 g/mol. The van der Waals surface area contributed by atoms with E-state index in [1.165, 1.54) is 0 Å². The van der Waals surface area contributed by atoms with Crippen molar-refractivity contribution in [3.05, 3.63) is 27.7 Å². The van der Waals surface area contributed by atoms with E-state index in [0.29, 0.717) is 0 Å². The highest BCUT2D eigenvalue weighted by molar-refractivity contribution is 7.89. The molecular weight excluding hydrogens is 301 g/mol. The normalized spacial score (nSPS) is 10.9. The zero-order valence-corrected chi connectivity index (χ0v) is 11.1. The van der Waals surface area contributed by atoms with Crippen LogP contribution in [0.4, 0.5) is 0 Å². The van der Waals surface area contributed by atoms with Gasteiger partial charge in [0, 0.05) is 0 Å². The fourth-order valence-electron chi connectivity index (χ4n) is 1.15. The monoisotopic (exact) mass is 307 g/mol. The van der Waals surface area contributed by atoms with E-state index in [0.717, 1.165) is 12.1 Å². The van der Waals surface area contributed by atoms with Gasteiger partial charge in [0.05, 0.1) is 22.2 Å². The van der Waals surface area contributed by atoms with E-state index < -0.39 is 26.6 Å². The van der Waals surface area contributed by atoms with Crippen molar-refractivity contribution in [1.29, 1.82) is 0 Å². The Kier molecular flexibility index (Phi) is 4.59. The van der Waals surface area contributed by atoms with Crippen molar-refractivity contribution >= 4 is 39.2 Å². The van der Waals surface area contributed by atoms with Crippen molar-refractivity contribution in [2.45, 2.75) is 4.90 Å². The Bertz CT molecular complexity index is 634. The van der Waals surface area contributed by atoms with E-state index in [1.54, 1.807) is 0 Å². The van der Waals surface area contributed by atoms with Crippen LogP contribution >= 0.6 is 23.2 Å². The summed E-state index contributed by atoms with van der Waals surface area (Å²) in [5, 5.41) is 8.29. The fraction of sp³-hybridized carbons (Fsp3) is 0.100. The minimum Gasteiger partial charge on any atom is -0.478 e. The fourth-order valence-corrected chi connectivity index (χ4v) is 3.00. The van der Waals surface area contributed by atoms with E-state index in [4.69, 9.17) is 34.7 Å². The van der Waals surface area contributed by atoms with Crippen LogP contribution in [0.15, 0.2) is 17.0 Å². The summed E-state index contributed by atoms with van der Waals surface area (Å²) in [4.78, 5) is 10.5. The number of hydrogen-bond acceptors (Lipinski definition) is 3. The van der Waals surface area contributed by atoms with Gasteiger partial charge in [-0.15, -0.1) is 6.42 Å². The Morgan fingerprint density at radius 1 is 1.44 bits per heavy atom. The standard InChI is InChI=1S/C10H7Cl2NO4S/c1-2-5-13-18(16,17)7-4-3-6(11)8(9(7)12)10(14)15/h1,3-4,13H,5H2,(H,14,15). The summed E-state index contributed by atoms with van der Waals surface area (Å²) < 4.78 is 25.6. The lowest BCUT2D eigenvalue weighted by molar-refractivity contribution is 0.0697. The van der Waals surface area contributed by atoms with Gasteiger partial charge < -0.3 is 5.11 Å². The molecule has 8 heteroatoms. The highest BCUT2D eigenvalue weighted by atomic mass is 35.5. The topological polar surface area (TPSA) is 83.5 Å². The molecule has 0 heterocycles. The number of benzene rings is 1. The Morgan fingerprint density at radius 3 is 2.56 bits per heavy atom. The van der Waals surface area contributed by atoms with Gasteiger partial charge in [-0.3, -0.25) is 0 Å². The maximum atomic E-state index is 11.8. The van der Waals surface area contributed by atoms with Crippen molar-refractivity contribution in [1.82, 2.24) is 4.72 Å². The summed E-state index contributed by atoms with van der Waals surface area (Å²) >= 11 is 11.4. The number of aromatic carboxylic acids is 1. The van der Waals surface area contributed by atoms with E-state index in [9.17, 15) is 13.2 Å². The smallest absolute Gasteiger partial charge is 0.338 e. The van der Waals surface area contributed by atoms with Gasteiger partial charge >= 0.3 is 5.97 Å². The molecule has 0 aliphatic rings. The summed E-state index contributed by atoms with van der Waals surface area (Å²) in [6.45, 7) is -0.232. The molecule has 1 aromatic carbocycles. The largest absolute Gasteiger partial charge is 0.478 e. The number of halogens is 2. The summed E-state index contributed by atoms with van der Waals surface area (Å²) in [6.07, 6.45) is 4.93. The molecule has 0 spiro atoms. The average Bonchev–Trinajstić information content (AvgIpc) is 2.25. The van der Waals surface area contributed by atoms with Gasteiger partial charge in [0.2, 0.25) is 10.0 Å². The third-order valence-electron chi connectivity index (χ3n) is 1.92. The van der Waals surface area contributed by atoms with Crippen molar-refractivity contribution in [3.63, 3.8) is 0 Å². The molecule has 0 saturated carbocycles. The number of nitrogens with one attached hydrogen (secondary N) is 1. The van der Waals surface area contributed by atoms with Gasteiger partial charge in [-0.25, -0.2) is 13.2 Å². The number of hydrogen-bond donors (Lipinski definition) is 2. The molecule has 0 unspecified atom stereocenters. The summed E-state index contributed by atoms with van der Waals surface area (Å²) in [7, 11) is -3.97. The maximum absolute atomic E-state index is 11.8. The Morgan fingerprint density at radius 2 is 2.06 bits per heavy atom. The van der Waals surface area contributed by atoms with Crippen LogP contribution in [0, 0.1) is 12.3 Å². The first-order valence-corrected chi connectivity index (χ1v) is 6.69. The van der Waals surface area contributed by atoms with E-state index in [1.807, 2.05) is 0 Å². The van der Waals surface area contributed by atoms with Crippen molar-refractivity contribution < 1.29 is 18.3 Å². The lowest BCUT2D eigenvalue weighted by Gasteiger charge is -2.09. The lowest BCUT2D eigenvalue weighted by atomic mass is 10.2. The molecule has 18 heavy (non-hydrogen) atoms. The van der Waals surface area contributed by atoms with E-state index in [2.05, 4.69) is 10.6 Å². The number of sulfonamides is 1. The molecule has 1 rings (SSSR count). The zero-order chi connectivity index (χ0) is 13.9. The first-order chi connectivity index (χ1) is 8.31. The molecule has 96 valence electrons. The van der Waals surface area contributed by atoms with Gasteiger partial charge in [0.25, 0.3) is 0 Å². The Hall–Kier alpha value is -1.26. The third kappa shape index (κ3) is 2.94. The summed E-state index contributed by atoms with van der Waals surface area (Å²) in [5.41, 5.74) is -0.470. The van der Waals surface area contributed by atoms with Gasteiger partial charge in [-0.1, -0.05) is 29.1 Å². The van der Waals surface area contributed by atoms with Gasteiger partial charge in [-0.2, -0.15) is 4.72 Å². The predicted octanol–water partition coefficient (Wildman–Crippen LogP) is 1.60. The summed E-state index contributed by atoms with van der Waals surface area (Å²) in [5.74, 6) is 0.668. The number of carboxylic acids is 1. The summed E-state index contributed by atoms with van der Waals surface area (Å²) in [6, 6.07) is 2.25. The maximum Gasteiger partial charge on any atom is 0.338 e. The molecule has 0 aliphatic carbocycles. The van der Waals surface area contributed by atoms with Crippen LogP contribution < -0.4 is 4.72 Å². The van der Waals surface area contributed by atoms with Crippen molar-refractivity contribution in [2.75, 3.05) is 6.54 Å². The molecule has 0 saturated heterocycles. The van der Waals surface area contributed by atoms with Crippen LogP contribution in [0.25, 0.3) is 0 Å². The van der Waals surface area contributed by atoms with Gasteiger partial charge in [0.15, 0.2) is 0 Å². The van der Waals surface area contributed by atoms with Crippen LogP contribution in [0.1, 0.15) is 10.4 Å². The molecule has 0 amide bonds. The van der Waals surface area contributed by atoms with Crippen LogP contribution in [-0.2, 0) is 10.0 Å². The van der Waals surface area contributed by atoms with Crippen LogP contribution in [-0.4, -0.2) is 26.0 Å². The second kappa shape index (κ2) is 5.59. The Balaban J connectivity index is 3.41. The third-order valence-corrected chi connectivity index (χ3v) is 4.19. The first-order valence-electron chi connectivity index (χ1n) is 4.45. The number of terminal acetylenes is 1. The molecule has 0 fully saturated rings. The minimum atomic E-state index is -3.97. The predicted molar refractivity (Wildman–Crippen MR) is 67.4 cm³/mol. The van der Waals surface area contributed by atoms with Crippen molar-refractivity contribution in [3.8, 4) is 12.3 Å². The number of carboxylic acid groups (broad SMARTS) is 1. The quantitative estimate of drug-likeness (QED) is 0.828.